The Morgan fingerprint density at radius 1 is 1.08 bits per heavy atom. The van der Waals surface area contributed by atoms with E-state index in [9.17, 15) is 31.5 Å². The predicted octanol–water partition coefficient (Wildman–Crippen LogP) is 3.02. The fourth-order valence-electron chi connectivity index (χ4n) is 2.58. The molecule has 0 amide bonds. The number of benzene rings is 2. The van der Waals surface area contributed by atoms with Crippen LogP contribution in [0, 0.1) is 0 Å². The van der Waals surface area contributed by atoms with Crippen LogP contribution in [0.4, 0.5) is 13.2 Å². The smallest absolute Gasteiger partial charge is 0.417 e. The Kier molecular flexibility index (Phi) is 4.35. The van der Waals surface area contributed by atoms with Gasteiger partial charge in [0.2, 0.25) is 0 Å². The minimum atomic E-state index is -4.81. The van der Waals surface area contributed by atoms with Crippen molar-refractivity contribution in [2.75, 3.05) is 0 Å². The zero-order chi connectivity index (χ0) is 19.3. The van der Waals surface area contributed by atoms with Crippen molar-refractivity contribution in [3.05, 3.63) is 64.3 Å². The maximum Gasteiger partial charge on any atom is 0.417 e. The molecule has 0 unspecified atom stereocenters. The highest BCUT2D eigenvalue weighted by Crippen LogP contribution is 2.39. The van der Waals surface area contributed by atoms with Gasteiger partial charge in [0, 0.05) is 9.86 Å². The first-order chi connectivity index (χ1) is 12.0. The molecule has 136 valence electrons. The van der Waals surface area contributed by atoms with Gasteiger partial charge in [-0.2, -0.15) is 13.2 Å². The van der Waals surface area contributed by atoms with Crippen molar-refractivity contribution in [1.29, 1.82) is 0 Å². The van der Waals surface area contributed by atoms with Crippen molar-refractivity contribution in [3.8, 4) is 0 Å². The van der Waals surface area contributed by atoms with E-state index in [2.05, 4.69) is 15.9 Å². The number of fused-ring (bicyclic) bond motifs is 1. The first-order valence-electron chi connectivity index (χ1n) is 6.97. The Labute approximate surface area is 153 Å². The topological polar surface area (TPSA) is 79.2 Å². The van der Waals surface area contributed by atoms with E-state index in [-0.39, 0.29) is 9.37 Å². The van der Waals surface area contributed by atoms with Gasteiger partial charge >= 0.3 is 6.18 Å². The Bertz CT molecular complexity index is 1120. The third kappa shape index (κ3) is 2.99. The summed E-state index contributed by atoms with van der Waals surface area (Å²) in [6, 6.07) is 9.30. The molecule has 0 atom stereocenters. The summed E-state index contributed by atoms with van der Waals surface area (Å²) in [7, 11) is -4.47. The van der Waals surface area contributed by atoms with Crippen molar-refractivity contribution < 1.29 is 31.5 Å². The number of halogens is 4. The number of carboxylic acids is 1. The van der Waals surface area contributed by atoms with E-state index in [1.807, 2.05) is 0 Å². The first kappa shape index (κ1) is 18.5. The fraction of sp³-hybridized carbons (Fsp3) is 0.0625. The molecule has 0 saturated heterocycles. The molecule has 1 heterocycles. The van der Waals surface area contributed by atoms with Crippen LogP contribution in [0.5, 0.6) is 0 Å². The standard InChI is InChI=1S/C16H9BrF3NO4S/c17-9-6-12(16(18,19)20)11-8-14(15(22)23)21(13(11)7-9)26(24,25)10-4-2-1-3-5-10/h1-8H,(H,22,23)/p-1. The number of nitrogens with zero attached hydrogens (tertiary/aromatic N) is 1. The Morgan fingerprint density at radius 2 is 1.69 bits per heavy atom. The van der Waals surface area contributed by atoms with Gasteiger partial charge in [0.15, 0.2) is 0 Å². The molecule has 2 aromatic carbocycles. The minimum Gasteiger partial charge on any atom is -0.543 e. The number of carbonyl (C=O) groups excluding carboxylic acids is 1. The number of carbonyl (C=O) groups is 1. The summed E-state index contributed by atoms with van der Waals surface area (Å²) in [5, 5.41) is 10.9. The monoisotopic (exact) mass is 446 g/mol. The van der Waals surface area contributed by atoms with Crippen LogP contribution >= 0.6 is 15.9 Å². The lowest BCUT2D eigenvalue weighted by molar-refractivity contribution is -0.255. The van der Waals surface area contributed by atoms with Gasteiger partial charge in [0.25, 0.3) is 10.0 Å². The number of alkyl halides is 3. The molecular formula is C16H8BrF3NO4S-. The normalized spacial score (nSPS) is 12.5. The molecule has 3 rings (SSSR count). The average molecular weight is 447 g/mol. The quantitative estimate of drug-likeness (QED) is 0.619. The maximum atomic E-state index is 13.3. The maximum absolute atomic E-state index is 13.3. The van der Waals surface area contributed by atoms with Crippen molar-refractivity contribution in [1.82, 2.24) is 3.97 Å². The zero-order valence-corrected chi connectivity index (χ0v) is 15.0. The van der Waals surface area contributed by atoms with Crippen molar-refractivity contribution in [2.45, 2.75) is 11.1 Å². The highest BCUT2D eigenvalue weighted by Gasteiger charge is 2.35. The summed E-state index contributed by atoms with van der Waals surface area (Å²) in [4.78, 5) is 11.2. The van der Waals surface area contributed by atoms with Gasteiger partial charge < -0.3 is 9.90 Å². The second-order valence-corrected chi connectivity index (χ2v) is 7.99. The molecule has 0 spiro atoms. The van der Waals surface area contributed by atoms with E-state index in [0.29, 0.717) is 10.0 Å². The molecule has 0 aliphatic carbocycles. The first-order valence-corrected chi connectivity index (χ1v) is 9.21. The van der Waals surface area contributed by atoms with E-state index >= 15 is 0 Å². The van der Waals surface area contributed by atoms with E-state index < -0.39 is 44.3 Å². The average Bonchev–Trinajstić information content (AvgIpc) is 2.94. The molecule has 0 radical (unpaired) electrons. The molecule has 0 fully saturated rings. The van der Waals surface area contributed by atoms with E-state index in [0.717, 1.165) is 12.1 Å². The van der Waals surface area contributed by atoms with Crippen LogP contribution in [0.25, 0.3) is 10.9 Å². The second kappa shape index (κ2) is 6.13. The molecule has 10 heteroatoms. The summed E-state index contributed by atoms with van der Waals surface area (Å²) in [5.74, 6) is -1.91. The number of hydrogen-bond acceptors (Lipinski definition) is 4. The fourth-order valence-corrected chi connectivity index (χ4v) is 4.54. The molecule has 0 bridgehead atoms. The molecule has 0 N–H and O–H groups in total. The molecule has 0 aliphatic heterocycles. The number of aromatic nitrogens is 1. The van der Waals surface area contributed by atoms with Crippen LogP contribution < -0.4 is 5.11 Å². The summed E-state index contributed by atoms with van der Waals surface area (Å²) in [6.45, 7) is 0. The SMILES string of the molecule is O=C([O-])c1cc2c(C(F)(F)F)cc(Br)cc2n1S(=O)(=O)c1ccccc1. The number of hydrogen-bond donors (Lipinski definition) is 0. The molecule has 1 aromatic heterocycles. The molecule has 3 aromatic rings. The van der Waals surface area contributed by atoms with Crippen LogP contribution in [0.2, 0.25) is 0 Å². The van der Waals surface area contributed by atoms with E-state index in [4.69, 9.17) is 0 Å². The third-order valence-corrected chi connectivity index (χ3v) is 5.84. The number of carboxylic acid groups (broad SMARTS) is 1. The lowest BCUT2D eigenvalue weighted by Crippen LogP contribution is -2.28. The molecule has 26 heavy (non-hydrogen) atoms. The van der Waals surface area contributed by atoms with Crippen LogP contribution in [-0.4, -0.2) is 18.4 Å². The van der Waals surface area contributed by atoms with Gasteiger partial charge in [-0.1, -0.05) is 34.1 Å². The highest BCUT2D eigenvalue weighted by atomic mass is 79.9. The summed E-state index contributed by atoms with van der Waals surface area (Å²) >= 11 is 2.91. The lowest BCUT2D eigenvalue weighted by atomic mass is 10.1. The summed E-state index contributed by atoms with van der Waals surface area (Å²) in [5.41, 5.74) is -2.48. The Balaban J connectivity index is 2.48. The van der Waals surface area contributed by atoms with Crippen LogP contribution in [0.15, 0.2) is 57.9 Å². The molecule has 0 saturated carbocycles. The van der Waals surface area contributed by atoms with Crippen LogP contribution in [0.3, 0.4) is 0 Å². The van der Waals surface area contributed by atoms with Gasteiger partial charge in [0.05, 0.1) is 27.6 Å². The van der Waals surface area contributed by atoms with Gasteiger partial charge in [-0.05, 0) is 30.3 Å². The Hall–Kier alpha value is -2.33. The molecule has 5 nitrogen and oxygen atoms in total. The second-order valence-electron chi connectivity index (χ2n) is 5.28. The lowest BCUT2D eigenvalue weighted by Gasteiger charge is -2.13. The largest absolute Gasteiger partial charge is 0.543 e. The molecular weight excluding hydrogens is 439 g/mol. The van der Waals surface area contributed by atoms with Crippen molar-refractivity contribution in [3.63, 3.8) is 0 Å². The van der Waals surface area contributed by atoms with Gasteiger partial charge in [-0.25, -0.2) is 12.4 Å². The highest BCUT2D eigenvalue weighted by molar-refractivity contribution is 9.10. The minimum absolute atomic E-state index is 0.0511. The van der Waals surface area contributed by atoms with E-state index in [1.54, 1.807) is 6.07 Å². The predicted molar refractivity (Wildman–Crippen MR) is 88.0 cm³/mol. The van der Waals surface area contributed by atoms with Crippen LogP contribution in [-0.2, 0) is 16.2 Å². The molecule has 0 aliphatic rings. The third-order valence-electron chi connectivity index (χ3n) is 3.64. The number of aromatic carboxylic acids is 1. The van der Waals surface area contributed by atoms with Crippen LogP contribution in [0.1, 0.15) is 16.1 Å². The van der Waals surface area contributed by atoms with Crippen molar-refractivity contribution >= 4 is 42.8 Å². The Morgan fingerprint density at radius 3 is 2.23 bits per heavy atom. The van der Waals surface area contributed by atoms with Gasteiger partial charge in [-0.15, -0.1) is 0 Å². The van der Waals surface area contributed by atoms with E-state index in [1.165, 1.54) is 24.3 Å². The zero-order valence-electron chi connectivity index (χ0n) is 12.6. The number of rotatable bonds is 3. The van der Waals surface area contributed by atoms with Crippen molar-refractivity contribution in [2.24, 2.45) is 0 Å². The summed E-state index contributed by atoms with van der Waals surface area (Å²) in [6.07, 6.45) is -4.81. The summed E-state index contributed by atoms with van der Waals surface area (Å²) < 4.78 is 66.0. The van der Waals surface area contributed by atoms with Gasteiger partial charge in [-0.3, -0.25) is 0 Å². The van der Waals surface area contributed by atoms with Gasteiger partial charge in [0.1, 0.15) is 0 Å².